The van der Waals surface area contributed by atoms with E-state index in [1.165, 1.54) is 12.1 Å². The Morgan fingerprint density at radius 1 is 1.20 bits per heavy atom. The number of carbonyl (C=O) groups excluding carboxylic acids is 2. The predicted octanol–water partition coefficient (Wildman–Crippen LogP) is 4.15. The van der Waals surface area contributed by atoms with Gasteiger partial charge in [0.2, 0.25) is 0 Å². The maximum absolute atomic E-state index is 13.0. The third-order valence-electron chi connectivity index (χ3n) is 5.35. The number of ketones is 1. The summed E-state index contributed by atoms with van der Waals surface area (Å²) >= 11 is 0. The summed E-state index contributed by atoms with van der Waals surface area (Å²) in [5.74, 6) is -1.56. The van der Waals surface area contributed by atoms with Crippen LogP contribution >= 0.6 is 0 Å². The molecule has 0 aromatic heterocycles. The van der Waals surface area contributed by atoms with Gasteiger partial charge in [-0.05, 0) is 50.0 Å². The number of allylic oxidation sites excluding steroid dienone is 5. The van der Waals surface area contributed by atoms with Gasteiger partial charge in [-0.3, -0.25) is 4.79 Å². The van der Waals surface area contributed by atoms with Crippen molar-refractivity contribution in [1.29, 1.82) is 0 Å². The van der Waals surface area contributed by atoms with E-state index in [2.05, 4.69) is 0 Å². The number of benzene rings is 1. The normalized spacial score (nSPS) is 26.5. The molecule has 2 aliphatic heterocycles. The number of phenols is 2. The Labute approximate surface area is 176 Å². The van der Waals surface area contributed by atoms with Crippen LogP contribution in [0.1, 0.15) is 55.5 Å². The lowest BCUT2D eigenvalue weighted by Crippen LogP contribution is -2.23. The van der Waals surface area contributed by atoms with Gasteiger partial charge in [-0.1, -0.05) is 24.3 Å². The smallest absolute Gasteiger partial charge is 0.342 e. The van der Waals surface area contributed by atoms with Gasteiger partial charge in [0, 0.05) is 25.3 Å². The fourth-order valence-electron chi connectivity index (χ4n) is 3.81. The third kappa shape index (κ3) is 5.60. The van der Waals surface area contributed by atoms with Crippen LogP contribution in [0.3, 0.4) is 0 Å². The predicted molar refractivity (Wildman–Crippen MR) is 113 cm³/mol. The fourth-order valence-corrected chi connectivity index (χ4v) is 3.81. The molecule has 2 N–H and O–H groups in total. The van der Waals surface area contributed by atoms with E-state index in [9.17, 15) is 19.8 Å². The number of cyclic esters (lactones) is 1. The van der Waals surface area contributed by atoms with Gasteiger partial charge in [-0.2, -0.15) is 0 Å². The molecule has 2 heterocycles. The second-order valence-electron chi connectivity index (χ2n) is 7.67. The Balaban J connectivity index is 1.93. The summed E-state index contributed by atoms with van der Waals surface area (Å²) in [6.45, 7) is 3.85. The summed E-state index contributed by atoms with van der Waals surface area (Å²) in [6, 6.07) is 2.40. The van der Waals surface area contributed by atoms with Gasteiger partial charge in [0.05, 0.1) is 12.2 Å². The molecular weight excluding hydrogens is 384 g/mol. The van der Waals surface area contributed by atoms with E-state index >= 15 is 0 Å². The molecular formula is C24H28O6. The number of rotatable bonds is 3. The van der Waals surface area contributed by atoms with Crippen LogP contribution in [0.2, 0.25) is 0 Å². The third-order valence-corrected chi connectivity index (χ3v) is 5.35. The van der Waals surface area contributed by atoms with Crippen LogP contribution < -0.4 is 0 Å². The first-order chi connectivity index (χ1) is 14.4. The van der Waals surface area contributed by atoms with Crippen molar-refractivity contribution in [2.24, 2.45) is 0 Å². The summed E-state index contributed by atoms with van der Waals surface area (Å²) in [7, 11) is 0. The molecule has 2 unspecified atom stereocenters. The van der Waals surface area contributed by atoms with Crippen molar-refractivity contribution >= 4 is 11.8 Å². The number of ether oxygens (including phenoxy) is 2. The number of esters is 1. The standard InChI is InChI=1S/C24H28O6/c1-3-7-15(4-2)10-19-14-22-21(30-22)9-6-5-8-17(25)11-16-12-18(26)13-20(27)23(16)24(28)29-19/h3-5,7-8,12-13,19,21-22,26-27H,6,9-11,14H2,1-2H3/b7-3-,8-5+,15-4+/t19-,21?,22?/m1/s1. The minimum Gasteiger partial charge on any atom is -0.508 e. The molecule has 6 heteroatoms. The Hall–Kier alpha value is -2.86. The summed E-state index contributed by atoms with van der Waals surface area (Å²) in [4.78, 5) is 25.3. The van der Waals surface area contributed by atoms with Crippen LogP contribution in [0.15, 0.2) is 48.1 Å². The minimum absolute atomic E-state index is 0.00596. The largest absolute Gasteiger partial charge is 0.508 e. The molecule has 1 saturated heterocycles. The molecule has 1 fully saturated rings. The van der Waals surface area contributed by atoms with Gasteiger partial charge in [0.1, 0.15) is 23.2 Å². The van der Waals surface area contributed by atoms with Crippen molar-refractivity contribution in [2.45, 2.75) is 64.3 Å². The van der Waals surface area contributed by atoms with Gasteiger partial charge >= 0.3 is 5.97 Å². The molecule has 0 amide bonds. The maximum Gasteiger partial charge on any atom is 0.342 e. The molecule has 2 aliphatic rings. The Bertz CT molecular complexity index is 895. The SMILES string of the molecule is C/C=C\C(=C/C)C[C@@H]1CC2OC2CC/C=C/C(=O)Cc2cc(O)cc(O)c2C(=O)O1. The summed E-state index contributed by atoms with van der Waals surface area (Å²) < 4.78 is 11.5. The monoisotopic (exact) mass is 412 g/mol. The van der Waals surface area contributed by atoms with E-state index in [-0.39, 0.29) is 41.3 Å². The van der Waals surface area contributed by atoms with Crippen LogP contribution in [0.4, 0.5) is 0 Å². The molecule has 0 aliphatic carbocycles. The van der Waals surface area contributed by atoms with E-state index < -0.39 is 17.8 Å². The van der Waals surface area contributed by atoms with Crippen LogP contribution in [-0.4, -0.2) is 40.3 Å². The Kier molecular flexibility index (Phi) is 7.11. The van der Waals surface area contributed by atoms with Gasteiger partial charge in [0.25, 0.3) is 0 Å². The number of fused-ring (bicyclic) bond motifs is 2. The van der Waals surface area contributed by atoms with Crippen molar-refractivity contribution in [2.75, 3.05) is 0 Å². The molecule has 1 aromatic carbocycles. The summed E-state index contributed by atoms with van der Waals surface area (Å²) in [5.41, 5.74) is 1.18. The summed E-state index contributed by atoms with van der Waals surface area (Å²) in [5, 5.41) is 20.2. The van der Waals surface area contributed by atoms with Crippen molar-refractivity contribution in [3.05, 3.63) is 59.2 Å². The van der Waals surface area contributed by atoms with Crippen molar-refractivity contribution in [3.63, 3.8) is 0 Å². The Morgan fingerprint density at radius 2 is 2.00 bits per heavy atom. The molecule has 0 spiro atoms. The first kappa shape index (κ1) is 21.8. The second-order valence-corrected chi connectivity index (χ2v) is 7.67. The van der Waals surface area contributed by atoms with E-state index in [0.717, 1.165) is 18.1 Å². The fraction of sp³-hybridized carbons (Fsp3) is 0.417. The first-order valence-corrected chi connectivity index (χ1v) is 10.3. The highest BCUT2D eigenvalue weighted by Crippen LogP contribution is 2.34. The topological polar surface area (TPSA) is 96.4 Å². The maximum atomic E-state index is 13.0. The van der Waals surface area contributed by atoms with Crippen LogP contribution in [0, 0.1) is 0 Å². The number of hydrogen-bond donors (Lipinski definition) is 2. The number of hydrogen-bond acceptors (Lipinski definition) is 6. The van der Waals surface area contributed by atoms with Gasteiger partial charge in [0.15, 0.2) is 5.78 Å². The zero-order valence-corrected chi connectivity index (χ0v) is 17.3. The number of carbonyl (C=O) groups is 2. The van der Waals surface area contributed by atoms with Crippen molar-refractivity contribution in [3.8, 4) is 11.5 Å². The molecule has 0 radical (unpaired) electrons. The van der Waals surface area contributed by atoms with E-state index in [1.807, 2.05) is 32.1 Å². The number of aromatic hydroxyl groups is 2. The van der Waals surface area contributed by atoms with Gasteiger partial charge in [-0.25, -0.2) is 4.79 Å². The zero-order valence-electron chi connectivity index (χ0n) is 17.3. The van der Waals surface area contributed by atoms with Crippen molar-refractivity contribution in [1.82, 2.24) is 0 Å². The molecule has 3 rings (SSSR count). The molecule has 0 bridgehead atoms. The molecule has 3 atom stereocenters. The van der Waals surface area contributed by atoms with Crippen LogP contribution in [0.25, 0.3) is 0 Å². The highest BCUT2D eigenvalue weighted by atomic mass is 16.6. The van der Waals surface area contributed by atoms with E-state index in [0.29, 0.717) is 19.3 Å². The highest BCUT2D eigenvalue weighted by molar-refractivity contribution is 5.98. The zero-order chi connectivity index (χ0) is 21.7. The van der Waals surface area contributed by atoms with Crippen LogP contribution in [0.5, 0.6) is 11.5 Å². The van der Waals surface area contributed by atoms with Gasteiger partial charge in [-0.15, -0.1) is 0 Å². The van der Waals surface area contributed by atoms with E-state index in [1.54, 1.807) is 6.08 Å². The molecule has 0 saturated carbocycles. The lowest BCUT2D eigenvalue weighted by Gasteiger charge is -2.20. The van der Waals surface area contributed by atoms with Crippen LogP contribution in [-0.2, 0) is 20.7 Å². The molecule has 1 aromatic rings. The molecule has 30 heavy (non-hydrogen) atoms. The first-order valence-electron chi connectivity index (χ1n) is 10.3. The molecule has 160 valence electrons. The summed E-state index contributed by atoms with van der Waals surface area (Å²) in [6.07, 6.45) is 11.3. The average molecular weight is 412 g/mol. The molecule has 6 nitrogen and oxygen atoms in total. The average Bonchev–Trinajstić information content (AvgIpc) is 3.41. The number of epoxide rings is 1. The lowest BCUT2D eigenvalue weighted by atomic mass is 9.98. The second kappa shape index (κ2) is 9.76. The highest BCUT2D eigenvalue weighted by Gasteiger charge is 2.40. The Morgan fingerprint density at radius 3 is 2.73 bits per heavy atom. The van der Waals surface area contributed by atoms with Gasteiger partial charge < -0.3 is 19.7 Å². The van der Waals surface area contributed by atoms with Crippen molar-refractivity contribution < 1.29 is 29.3 Å². The quantitative estimate of drug-likeness (QED) is 0.440. The van der Waals surface area contributed by atoms with E-state index in [4.69, 9.17) is 9.47 Å². The minimum atomic E-state index is -0.713. The lowest BCUT2D eigenvalue weighted by molar-refractivity contribution is -0.114. The number of phenolic OH excluding ortho intramolecular Hbond substituents is 2.